The van der Waals surface area contributed by atoms with E-state index in [1.54, 1.807) is 24.3 Å². The molecule has 0 aliphatic heterocycles. The van der Waals surface area contributed by atoms with Gasteiger partial charge in [-0.2, -0.15) is 16.8 Å². The largest absolute Gasteiger partial charge is 0.296 e. The summed E-state index contributed by atoms with van der Waals surface area (Å²) in [6.45, 7) is 7.70. The van der Waals surface area contributed by atoms with Crippen molar-refractivity contribution in [3.63, 3.8) is 0 Å². The van der Waals surface area contributed by atoms with Crippen LogP contribution in [0.3, 0.4) is 0 Å². The standard InChI is InChI=1S/C26H26O6S2/c1-15(2)18-12-8-14-21-23(18)22(16(3)4)24(26(34(30,31)32)25(21)33(27,28)29)20-13-7-10-17-9-5-6-11-19(17)20/h5-16H,1-4H3,(H,27,28,29)(H,30,31,32). The molecular formula is C26H26O6S2. The molecular weight excluding hydrogens is 472 g/mol. The van der Waals surface area contributed by atoms with Crippen molar-refractivity contribution in [2.24, 2.45) is 0 Å². The number of benzene rings is 4. The normalized spacial score (nSPS) is 12.8. The summed E-state index contributed by atoms with van der Waals surface area (Å²) in [6.07, 6.45) is 0. The Morgan fingerprint density at radius 2 is 1.21 bits per heavy atom. The van der Waals surface area contributed by atoms with E-state index >= 15 is 0 Å². The van der Waals surface area contributed by atoms with Gasteiger partial charge in [0.25, 0.3) is 20.2 Å². The third-order valence-corrected chi connectivity index (χ3v) is 8.08. The van der Waals surface area contributed by atoms with Gasteiger partial charge in [-0.15, -0.1) is 0 Å². The second kappa shape index (κ2) is 8.46. The lowest BCUT2D eigenvalue weighted by atomic mass is 9.82. The summed E-state index contributed by atoms with van der Waals surface area (Å²) in [4.78, 5) is -1.61. The summed E-state index contributed by atoms with van der Waals surface area (Å²) in [6, 6.07) is 17.6. The van der Waals surface area contributed by atoms with Crippen LogP contribution in [0.2, 0.25) is 0 Å². The molecule has 4 aromatic carbocycles. The van der Waals surface area contributed by atoms with E-state index in [0.29, 0.717) is 21.9 Å². The van der Waals surface area contributed by atoms with Crippen LogP contribution >= 0.6 is 0 Å². The van der Waals surface area contributed by atoms with E-state index in [0.717, 1.165) is 10.9 Å². The number of hydrogen-bond acceptors (Lipinski definition) is 4. The van der Waals surface area contributed by atoms with Crippen molar-refractivity contribution < 1.29 is 25.9 Å². The molecule has 6 nitrogen and oxygen atoms in total. The summed E-state index contributed by atoms with van der Waals surface area (Å²) >= 11 is 0. The first-order valence-corrected chi connectivity index (χ1v) is 13.8. The smallest absolute Gasteiger partial charge is 0.282 e. The van der Waals surface area contributed by atoms with Gasteiger partial charge in [0, 0.05) is 10.9 Å². The molecule has 0 fully saturated rings. The van der Waals surface area contributed by atoms with Crippen LogP contribution in [-0.4, -0.2) is 25.9 Å². The molecule has 0 radical (unpaired) electrons. The Bertz CT molecular complexity index is 1650. The summed E-state index contributed by atoms with van der Waals surface area (Å²) in [5.41, 5.74) is 1.95. The van der Waals surface area contributed by atoms with E-state index in [9.17, 15) is 25.9 Å². The minimum absolute atomic E-state index is 0.0209. The Hall–Kier alpha value is -2.78. The minimum Gasteiger partial charge on any atom is -0.282 e. The third-order valence-electron chi connectivity index (χ3n) is 6.09. The zero-order valence-electron chi connectivity index (χ0n) is 19.3. The summed E-state index contributed by atoms with van der Waals surface area (Å²) in [7, 11) is -10.1. The molecule has 0 aromatic heterocycles. The van der Waals surface area contributed by atoms with Crippen LogP contribution in [0.4, 0.5) is 0 Å². The van der Waals surface area contributed by atoms with Gasteiger partial charge in [0.05, 0.1) is 0 Å². The average Bonchev–Trinajstić information content (AvgIpc) is 2.74. The van der Waals surface area contributed by atoms with Crippen molar-refractivity contribution in [1.29, 1.82) is 0 Å². The van der Waals surface area contributed by atoms with Crippen LogP contribution in [0.1, 0.15) is 50.7 Å². The highest BCUT2D eigenvalue weighted by atomic mass is 32.2. The van der Waals surface area contributed by atoms with Crippen molar-refractivity contribution in [2.45, 2.75) is 49.3 Å². The monoisotopic (exact) mass is 498 g/mol. The van der Waals surface area contributed by atoms with Gasteiger partial charge in [0.15, 0.2) is 0 Å². The predicted molar refractivity (Wildman–Crippen MR) is 135 cm³/mol. The van der Waals surface area contributed by atoms with Crippen LogP contribution in [-0.2, 0) is 20.2 Å². The molecule has 0 heterocycles. The third kappa shape index (κ3) is 4.01. The predicted octanol–water partition coefficient (Wildman–Crippen LogP) is 6.40. The molecule has 0 amide bonds. The van der Waals surface area contributed by atoms with E-state index in [1.807, 2.05) is 58.0 Å². The highest BCUT2D eigenvalue weighted by Gasteiger charge is 2.35. The highest BCUT2D eigenvalue weighted by Crippen LogP contribution is 2.48. The van der Waals surface area contributed by atoms with Crippen LogP contribution in [0.25, 0.3) is 32.7 Å². The van der Waals surface area contributed by atoms with Crippen LogP contribution in [0.5, 0.6) is 0 Å². The molecule has 0 atom stereocenters. The molecule has 8 heteroatoms. The Morgan fingerprint density at radius 3 is 1.79 bits per heavy atom. The maximum Gasteiger partial charge on any atom is 0.296 e. The molecule has 0 aliphatic rings. The van der Waals surface area contributed by atoms with Crippen LogP contribution < -0.4 is 0 Å². The number of rotatable bonds is 5. The Labute approximate surface area is 199 Å². The minimum atomic E-state index is -5.08. The summed E-state index contributed by atoms with van der Waals surface area (Å²) in [5, 5.41) is 2.14. The van der Waals surface area contributed by atoms with E-state index in [2.05, 4.69) is 0 Å². The zero-order valence-corrected chi connectivity index (χ0v) is 20.9. The van der Waals surface area contributed by atoms with E-state index < -0.39 is 30.0 Å². The van der Waals surface area contributed by atoms with Crippen molar-refractivity contribution in [2.75, 3.05) is 0 Å². The van der Waals surface area contributed by atoms with Gasteiger partial charge < -0.3 is 0 Å². The van der Waals surface area contributed by atoms with Crippen molar-refractivity contribution >= 4 is 41.8 Å². The van der Waals surface area contributed by atoms with E-state index in [1.165, 1.54) is 6.07 Å². The molecule has 178 valence electrons. The highest BCUT2D eigenvalue weighted by molar-refractivity contribution is 7.89. The fraction of sp³-hybridized carbons (Fsp3) is 0.231. The molecule has 4 aromatic rings. The Balaban J connectivity index is 2.48. The van der Waals surface area contributed by atoms with E-state index in [4.69, 9.17) is 0 Å². The molecule has 0 aliphatic carbocycles. The molecule has 2 N–H and O–H groups in total. The fourth-order valence-corrected chi connectivity index (χ4v) is 7.05. The van der Waals surface area contributed by atoms with Crippen molar-refractivity contribution in [3.8, 4) is 11.1 Å². The van der Waals surface area contributed by atoms with Gasteiger partial charge in [0.2, 0.25) is 0 Å². The summed E-state index contributed by atoms with van der Waals surface area (Å²) < 4.78 is 71.8. The molecule has 0 saturated carbocycles. The van der Waals surface area contributed by atoms with Gasteiger partial charge in [-0.25, -0.2) is 0 Å². The Kier molecular flexibility index (Phi) is 6.06. The van der Waals surface area contributed by atoms with Gasteiger partial charge in [-0.05, 0) is 44.7 Å². The molecule has 0 bridgehead atoms. The lowest BCUT2D eigenvalue weighted by Crippen LogP contribution is -2.14. The molecule has 0 spiro atoms. The quantitative estimate of drug-likeness (QED) is 0.308. The van der Waals surface area contributed by atoms with Gasteiger partial charge in [-0.3, -0.25) is 9.11 Å². The van der Waals surface area contributed by atoms with Gasteiger partial charge >= 0.3 is 0 Å². The van der Waals surface area contributed by atoms with Crippen molar-refractivity contribution in [1.82, 2.24) is 0 Å². The fourth-order valence-electron chi connectivity index (χ4n) is 4.81. The maximum absolute atomic E-state index is 12.8. The van der Waals surface area contributed by atoms with Crippen LogP contribution in [0.15, 0.2) is 70.5 Å². The molecule has 34 heavy (non-hydrogen) atoms. The lowest BCUT2D eigenvalue weighted by Gasteiger charge is -2.25. The van der Waals surface area contributed by atoms with Crippen molar-refractivity contribution in [3.05, 3.63) is 71.8 Å². The second-order valence-corrected chi connectivity index (χ2v) is 11.7. The maximum atomic E-state index is 12.8. The average molecular weight is 499 g/mol. The molecule has 0 saturated heterocycles. The van der Waals surface area contributed by atoms with Gasteiger partial charge in [-0.1, -0.05) is 88.4 Å². The number of fused-ring (bicyclic) bond motifs is 2. The molecule has 4 rings (SSSR count). The first-order chi connectivity index (χ1) is 15.8. The van der Waals surface area contributed by atoms with Gasteiger partial charge in [0.1, 0.15) is 9.79 Å². The SMILES string of the molecule is CC(C)c1cccc2c(S(=O)(=O)O)c(S(=O)(=O)O)c(-c3cccc4ccccc34)c(C(C)C)c12. The molecule has 0 unspecified atom stereocenters. The lowest BCUT2D eigenvalue weighted by molar-refractivity contribution is 0.468. The summed E-state index contributed by atoms with van der Waals surface area (Å²) in [5.74, 6) is -0.264. The first kappa shape index (κ1) is 24.3. The Morgan fingerprint density at radius 1 is 0.647 bits per heavy atom. The van der Waals surface area contributed by atoms with E-state index in [-0.39, 0.29) is 22.8 Å². The zero-order chi connectivity index (χ0) is 25.0. The number of hydrogen-bond donors (Lipinski definition) is 2. The second-order valence-electron chi connectivity index (χ2n) is 9.00. The first-order valence-electron chi connectivity index (χ1n) is 10.9. The topological polar surface area (TPSA) is 109 Å². The van der Waals surface area contributed by atoms with Crippen LogP contribution in [0, 0.1) is 0 Å².